The minimum Gasteiger partial charge on any atom is -0.377 e. The van der Waals surface area contributed by atoms with E-state index < -0.39 is 0 Å². The summed E-state index contributed by atoms with van der Waals surface area (Å²) in [4.78, 5) is 23.4. The molecule has 0 heterocycles. The highest BCUT2D eigenvalue weighted by Crippen LogP contribution is 1.87. The number of carbonyl (C=O) groups is 2. The van der Waals surface area contributed by atoms with Crippen molar-refractivity contribution in [2.75, 3.05) is 33.1 Å². The molecule has 0 spiro atoms. The fourth-order valence-electron chi connectivity index (χ4n) is 0.873. The minimum atomic E-state index is 0.156. The van der Waals surface area contributed by atoms with Crippen molar-refractivity contribution in [2.45, 2.75) is 0 Å². The average Bonchev–Trinajstić information content (AvgIpc) is 2.37. The Balaban J connectivity index is 3.34. The van der Waals surface area contributed by atoms with Gasteiger partial charge in [0.15, 0.2) is 0 Å². The van der Waals surface area contributed by atoms with Crippen LogP contribution in [0, 0.1) is 0 Å². The molecule has 2 amide bonds. The molecule has 0 rings (SSSR count). The third-order valence-electron chi connectivity index (χ3n) is 1.85. The number of nitrogens with zero attached hydrogens (tertiary/aromatic N) is 2. The Labute approximate surface area is 101 Å². The fraction of sp³-hybridized carbons (Fsp3) is 0.455. The molecule has 0 unspecified atom stereocenters. The Morgan fingerprint density at radius 3 is 2.00 bits per heavy atom. The predicted octanol–water partition coefficient (Wildman–Crippen LogP) is 0.181. The third kappa shape index (κ3) is 8.18. The first-order valence-corrected chi connectivity index (χ1v) is 5.11. The Bertz CT molecular complexity index is 206. The van der Waals surface area contributed by atoms with Gasteiger partial charge in [0.2, 0.25) is 12.8 Å². The van der Waals surface area contributed by atoms with Gasteiger partial charge in [0.25, 0.3) is 0 Å². The van der Waals surface area contributed by atoms with Crippen molar-refractivity contribution in [2.24, 2.45) is 0 Å². The van der Waals surface area contributed by atoms with Crippen LogP contribution in [0.15, 0.2) is 25.6 Å². The largest absolute Gasteiger partial charge is 0.377 e. The number of ether oxygens (including phenoxy) is 2. The van der Waals surface area contributed by atoms with E-state index in [9.17, 15) is 9.59 Å². The second kappa shape index (κ2) is 10.8. The van der Waals surface area contributed by atoms with Gasteiger partial charge in [-0.05, 0) is 6.20 Å². The standard InChI is InChI=1S/C11H18N2O4/c1-3-12(9-14)5-6-16-7-8-17-11-13(4-2)10-15/h3-4,9-10H,1-2,5-8,11H2. The van der Waals surface area contributed by atoms with Gasteiger partial charge in [-0.25, -0.2) is 0 Å². The summed E-state index contributed by atoms with van der Waals surface area (Å²) < 4.78 is 10.3. The van der Waals surface area contributed by atoms with Gasteiger partial charge in [0.05, 0.1) is 19.8 Å². The maximum Gasteiger partial charge on any atom is 0.215 e. The summed E-state index contributed by atoms with van der Waals surface area (Å²) in [5, 5.41) is 0. The zero-order valence-electron chi connectivity index (χ0n) is 9.79. The van der Waals surface area contributed by atoms with E-state index in [0.717, 1.165) is 0 Å². The van der Waals surface area contributed by atoms with Crippen LogP contribution in [0.2, 0.25) is 0 Å². The molecule has 0 atom stereocenters. The molecule has 6 heteroatoms. The van der Waals surface area contributed by atoms with Crippen LogP contribution in [-0.2, 0) is 19.1 Å². The third-order valence-corrected chi connectivity index (χ3v) is 1.85. The van der Waals surface area contributed by atoms with Crippen LogP contribution in [0.5, 0.6) is 0 Å². The fourth-order valence-corrected chi connectivity index (χ4v) is 0.873. The van der Waals surface area contributed by atoms with Crippen molar-refractivity contribution >= 4 is 12.8 Å². The lowest BCUT2D eigenvalue weighted by atomic mass is 10.6. The van der Waals surface area contributed by atoms with E-state index in [2.05, 4.69) is 13.2 Å². The first-order valence-electron chi connectivity index (χ1n) is 5.11. The zero-order valence-corrected chi connectivity index (χ0v) is 9.79. The van der Waals surface area contributed by atoms with Crippen LogP contribution in [0.3, 0.4) is 0 Å². The van der Waals surface area contributed by atoms with E-state index in [-0.39, 0.29) is 6.73 Å². The highest BCUT2D eigenvalue weighted by molar-refractivity contribution is 5.48. The monoisotopic (exact) mass is 242 g/mol. The molecule has 0 aromatic carbocycles. The van der Waals surface area contributed by atoms with Crippen LogP contribution in [0.25, 0.3) is 0 Å². The average molecular weight is 242 g/mol. The second-order valence-corrected chi connectivity index (χ2v) is 2.98. The molecule has 0 saturated carbocycles. The molecule has 0 aliphatic heterocycles. The number of hydrogen-bond donors (Lipinski definition) is 0. The van der Waals surface area contributed by atoms with E-state index in [4.69, 9.17) is 9.47 Å². The van der Waals surface area contributed by atoms with Crippen LogP contribution in [0.1, 0.15) is 0 Å². The molecule has 6 nitrogen and oxygen atoms in total. The summed E-state index contributed by atoms with van der Waals surface area (Å²) in [6.07, 6.45) is 4.11. The molecule has 96 valence electrons. The van der Waals surface area contributed by atoms with Gasteiger partial charge in [-0.3, -0.25) is 14.5 Å². The SMILES string of the molecule is C=CN(C=O)CCOCCOCN(C=C)C=O. The van der Waals surface area contributed by atoms with Gasteiger partial charge in [0.1, 0.15) is 6.73 Å². The van der Waals surface area contributed by atoms with Crippen molar-refractivity contribution in [3.63, 3.8) is 0 Å². The first kappa shape index (κ1) is 15.3. The van der Waals surface area contributed by atoms with Crippen LogP contribution < -0.4 is 0 Å². The van der Waals surface area contributed by atoms with Gasteiger partial charge in [-0.1, -0.05) is 13.2 Å². The molecular formula is C11H18N2O4. The van der Waals surface area contributed by atoms with E-state index in [1.165, 1.54) is 22.2 Å². The molecular weight excluding hydrogens is 224 g/mol. The van der Waals surface area contributed by atoms with Gasteiger partial charge < -0.3 is 14.4 Å². The van der Waals surface area contributed by atoms with E-state index in [1.54, 1.807) is 0 Å². The zero-order chi connectivity index (χ0) is 12.9. The molecule has 0 aromatic heterocycles. The molecule has 0 fully saturated rings. The Morgan fingerprint density at radius 1 is 0.882 bits per heavy atom. The maximum atomic E-state index is 10.4. The summed E-state index contributed by atoms with van der Waals surface area (Å²) in [6.45, 7) is 8.69. The van der Waals surface area contributed by atoms with Crippen molar-refractivity contribution in [3.05, 3.63) is 25.6 Å². The smallest absolute Gasteiger partial charge is 0.215 e. The molecule has 0 aliphatic carbocycles. The van der Waals surface area contributed by atoms with Crippen LogP contribution >= 0.6 is 0 Å². The predicted molar refractivity (Wildman–Crippen MR) is 62.7 cm³/mol. The van der Waals surface area contributed by atoms with Gasteiger partial charge in [-0.15, -0.1) is 0 Å². The second-order valence-electron chi connectivity index (χ2n) is 2.98. The molecule has 0 aromatic rings. The molecule has 17 heavy (non-hydrogen) atoms. The lowest BCUT2D eigenvalue weighted by molar-refractivity contribution is -0.120. The summed E-state index contributed by atoms with van der Waals surface area (Å²) >= 11 is 0. The first-order chi connectivity index (χ1) is 8.28. The van der Waals surface area contributed by atoms with E-state index in [0.29, 0.717) is 39.2 Å². The normalized spacial score (nSPS) is 9.41. The van der Waals surface area contributed by atoms with Crippen molar-refractivity contribution in [1.82, 2.24) is 9.80 Å². The van der Waals surface area contributed by atoms with Crippen molar-refractivity contribution < 1.29 is 19.1 Å². The molecule has 0 aliphatic rings. The number of carbonyl (C=O) groups excluding carboxylic acids is 2. The number of rotatable bonds is 12. The van der Waals surface area contributed by atoms with Gasteiger partial charge in [0, 0.05) is 12.7 Å². The van der Waals surface area contributed by atoms with Gasteiger partial charge in [-0.2, -0.15) is 0 Å². The van der Waals surface area contributed by atoms with Crippen molar-refractivity contribution in [3.8, 4) is 0 Å². The lowest BCUT2D eigenvalue weighted by Gasteiger charge is -2.13. The van der Waals surface area contributed by atoms with Crippen LogP contribution in [0.4, 0.5) is 0 Å². The van der Waals surface area contributed by atoms with E-state index >= 15 is 0 Å². The highest BCUT2D eigenvalue weighted by Gasteiger charge is 1.97. The minimum absolute atomic E-state index is 0.156. The highest BCUT2D eigenvalue weighted by atomic mass is 16.5. The number of hydrogen-bond acceptors (Lipinski definition) is 4. The molecule has 0 saturated heterocycles. The summed E-state index contributed by atoms with van der Waals surface area (Å²) in [7, 11) is 0. The Kier molecular flexibility index (Phi) is 9.79. The summed E-state index contributed by atoms with van der Waals surface area (Å²) in [6, 6.07) is 0. The van der Waals surface area contributed by atoms with Crippen molar-refractivity contribution in [1.29, 1.82) is 0 Å². The topological polar surface area (TPSA) is 59.1 Å². The van der Waals surface area contributed by atoms with Crippen LogP contribution in [-0.4, -0.2) is 55.7 Å². The van der Waals surface area contributed by atoms with E-state index in [1.807, 2.05) is 0 Å². The lowest BCUT2D eigenvalue weighted by Crippen LogP contribution is -2.22. The number of amides is 2. The molecule has 0 N–H and O–H groups in total. The molecule has 0 bridgehead atoms. The molecule has 0 radical (unpaired) electrons. The Morgan fingerprint density at radius 2 is 1.47 bits per heavy atom. The Hall–Kier alpha value is -1.66. The summed E-state index contributed by atoms with van der Waals surface area (Å²) in [5.74, 6) is 0. The maximum absolute atomic E-state index is 10.4. The quantitative estimate of drug-likeness (QED) is 0.278. The summed E-state index contributed by atoms with van der Waals surface area (Å²) in [5.41, 5.74) is 0. The van der Waals surface area contributed by atoms with Gasteiger partial charge >= 0.3 is 0 Å².